The highest BCUT2D eigenvalue weighted by molar-refractivity contribution is 6.30. The Bertz CT molecular complexity index is 810. The van der Waals surface area contributed by atoms with Crippen LogP contribution in [0.5, 0.6) is 0 Å². The van der Waals surface area contributed by atoms with Gasteiger partial charge in [0.1, 0.15) is 0 Å². The number of nitrogens with one attached hydrogen (secondary N) is 2. The second kappa shape index (κ2) is 8.57. The first-order valence-electron chi connectivity index (χ1n) is 9.47. The number of para-hydroxylation sites is 1. The minimum absolute atomic E-state index is 0.0581. The van der Waals surface area contributed by atoms with E-state index in [9.17, 15) is 9.59 Å². The van der Waals surface area contributed by atoms with Gasteiger partial charge in [0.15, 0.2) is 0 Å². The van der Waals surface area contributed by atoms with Crippen LogP contribution in [0.1, 0.15) is 37.0 Å². The van der Waals surface area contributed by atoms with E-state index in [1.165, 1.54) is 0 Å². The molecule has 1 saturated carbocycles. The largest absolute Gasteiger partial charge is 0.352 e. The first-order chi connectivity index (χ1) is 13.0. The van der Waals surface area contributed by atoms with E-state index in [1.807, 2.05) is 30.3 Å². The van der Waals surface area contributed by atoms with Crippen LogP contribution in [0.2, 0.25) is 5.02 Å². The lowest BCUT2D eigenvalue weighted by Gasteiger charge is -2.14. The quantitative estimate of drug-likeness (QED) is 0.745. The van der Waals surface area contributed by atoms with Crippen LogP contribution < -0.4 is 10.6 Å². The number of halogens is 1. The standard InChI is InChI=1S/C22H25ClN2O2/c1-3-15-6-5-7-16(4-2)20(15)25-22(27)19-12-18(19)21(26)24-13-14-8-10-17(23)11-9-14/h5-11,18-19H,3-4,12-13H2,1-2H3,(H,24,26)(H,25,27). The molecule has 27 heavy (non-hydrogen) atoms. The second-order valence-electron chi connectivity index (χ2n) is 6.94. The van der Waals surface area contributed by atoms with E-state index in [1.54, 1.807) is 12.1 Å². The van der Waals surface area contributed by atoms with Crippen LogP contribution in [0.3, 0.4) is 0 Å². The Kier molecular flexibility index (Phi) is 6.17. The first-order valence-corrected chi connectivity index (χ1v) is 9.85. The van der Waals surface area contributed by atoms with Gasteiger partial charge in [-0.15, -0.1) is 0 Å². The van der Waals surface area contributed by atoms with Crippen LogP contribution in [-0.4, -0.2) is 11.8 Å². The Morgan fingerprint density at radius 2 is 1.56 bits per heavy atom. The highest BCUT2D eigenvalue weighted by Gasteiger charge is 2.48. The van der Waals surface area contributed by atoms with Gasteiger partial charge in [-0.25, -0.2) is 0 Å². The molecule has 0 heterocycles. The number of hydrogen-bond donors (Lipinski definition) is 2. The molecule has 4 nitrogen and oxygen atoms in total. The molecular formula is C22H25ClN2O2. The smallest absolute Gasteiger partial charge is 0.228 e. The van der Waals surface area contributed by atoms with Crippen molar-refractivity contribution in [1.82, 2.24) is 5.32 Å². The van der Waals surface area contributed by atoms with Crippen LogP contribution in [0.25, 0.3) is 0 Å². The van der Waals surface area contributed by atoms with Crippen molar-refractivity contribution in [2.45, 2.75) is 39.7 Å². The zero-order valence-electron chi connectivity index (χ0n) is 15.7. The van der Waals surface area contributed by atoms with E-state index >= 15 is 0 Å². The monoisotopic (exact) mass is 384 g/mol. The molecule has 1 aliphatic rings. The third-order valence-corrected chi connectivity index (χ3v) is 5.34. The van der Waals surface area contributed by atoms with Crippen molar-refractivity contribution in [3.8, 4) is 0 Å². The highest BCUT2D eigenvalue weighted by atomic mass is 35.5. The molecule has 0 saturated heterocycles. The van der Waals surface area contributed by atoms with Gasteiger partial charge in [-0.2, -0.15) is 0 Å². The molecule has 0 bridgehead atoms. The summed E-state index contributed by atoms with van der Waals surface area (Å²) >= 11 is 5.87. The van der Waals surface area contributed by atoms with Crippen molar-refractivity contribution >= 4 is 29.1 Å². The molecule has 2 atom stereocenters. The summed E-state index contributed by atoms with van der Waals surface area (Å²) in [6.07, 6.45) is 2.33. The second-order valence-corrected chi connectivity index (χ2v) is 7.38. The Labute approximate surface area is 165 Å². The summed E-state index contributed by atoms with van der Waals surface area (Å²) in [7, 11) is 0. The van der Waals surface area contributed by atoms with Gasteiger partial charge in [0.2, 0.25) is 11.8 Å². The summed E-state index contributed by atoms with van der Waals surface area (Å²) in [5.41, 5.74) is 4.16. The average Bonchev–Trinajstić information content (AvgIpc) is 3.48. The van der Waals surface area contributed by atoms with E-state index in [-0.39, 0.29) is 23.7 Å². The van der Waals surface area contributed by atoms with E-state index < -0.39 is 0 Å². The van der Waals surface area contributed by atoms with Crippen molar-refractivity contribution < 1.29 is 9.59 Å². The molecule has 2 aromatic rings. The Morgan fingerprint density at radius 3 is 2.15 bits per heavy atom. The van der Waals surface area contributed by atoms with Crippen molar-refractivity contribution in [3.05, 3.63) is 64.2 Å². The van der Waals surface area contributed by atoms with Crippen LogP contribution in [0.15, 0.2) is 42.5 Å². The fourth-order valence-electron chi connectivity index (χ4n) is 3.32. The molecule has 0 aliphatic heterocycles. The molecule has 2 amide bonds. The maximum absolute atomic E-state index is 12.6. The number of anilines is 1. The third kappa shape index (κ3) is 4.69. The molecule has 5 heteroatoms. The van der Waals surface area contributed by atoms with E-state index in [2.05, 4.69) is 24.5 Å². The number of carbonyl (C=O) groups is 2. The maximum Gasteiger partial charge on any atom is 0.228 e. The predicted molar refractivity (Wildman–Crippen MR) is 109 cm³/mol. The molecule has 0 aromatic heterocycles. The summed E-state index contributed by atoms with van der Waals surface area (Å²) in [4.78, 5) is 25.0. The normalized spacial score (nSPS) is 18.0. The van der Waals surface area contributed by atoms with Crippen LogP contribution in [0, 0.1) is 11.8 Å². The first kappa shape index (κ1) is 19.4. The Balaban J connectivity index is 1.56. The molecule has 2 N–H and O–H groups in total. The van der Waals surface area contributed by atoms with Crippen molar-refractivity contribution in [1.29, 1.82) is 0 Å². The van der Waals surface area contributed by atoms with E-state index in [0.29, 0.717) is 18.0 Å². The molecule has 3 rings (SSSR count). The number of benzene rings is 2. The summed E-state index contributed by atoms with van der Waals surface area (Å²) in [5.74, 6) is -0.608. The van der Waals surface area contributed by atoms with Gasteiger partial charge in [-0.3, -0.25) is 9.59 Å². The topological polar surface area (TPSA) is 58.2 Å². The zero-order valence-corrected chi connectivity index (χ0v) is 16.5. The molecule has 0 spiro atoms. The summed E-state index contributed by atoms with van der Waals surface area (Å²) in [5, 5.41) is 6.66. The predicted octanol–water partition coefficient (Wildman–Crippen LogP) is 4.36. The number of hydrogen-bond acceptors (Lipinski definition) is 2. The van der Waals surface area contributed by atoms with E-state index in [4.69, 9.17) is 11.6 Å². The summed E-state index contributed by atoms with van der Waals surface area (Å²) < 4.78 is 0. The lowest BCUT2D eigenvalue weighted by atomic mass is 10.0. The zero-order chi connectivity index (χ0) is 19.4. The molecular weight excluding hydrogens is 360 g/mol. The molecule has 0 radical (unpaired) electrons. The van der Waals surface area contributed by atoms with Crippen molar-refractivity contribution in [3.63, 3.8) is 0 Å². The number of rotatable bonds is 7. The average molecular weight is 385 g/mol. The van der Waals surface area contributed by atoms with Gasteiger partial charge >= 0.3 is 0 Å². The van der Waals surface area contributed by atoms with Crippen LogP contribution >= 0.6 is 11.6 Å². The molecule has 2 aromatic carbocycles. The van der Waals surface area contributed by atoms with Gasteiger partial charge in [0, 0.05) is 17.3 Å². The fourth-order valence-corrected chi connectivity index (χ4v) is 3.44. The summed E-state index contributed by atoms with van der Waals surface area (Å²) in [6, 6.07) is 13.5. The molecule has 1 aliphatic carbocycles. The maximum atomic E-state index is 12.6. The molecule has 142 valence electrons. The van der Waals surface area contributed by atoms with Crippen molar-refractivity contribution in [2.75, 3.05) is 5.32 Å². The SMILES string of the molecule is CCc1cccc(CC)c1NC(=O)C1CC1C(=O)NCc1ccc(Cl)cc1. The number of aryl methyl sites for hydroxylation is 2. The fraction of sp³-hybridized carbons (Fsp3) is 0.364. The lowest BCUT2D eigenvalue weighted by molar-refractivity contribution is -0.125. The van der Waals surface area contributed by atoms with Gasteiger partial charge in [-0.1, -0.05) is 55.8 Å². The Morgan fingerprint density at radius 1 is 0.963 bits per heavy atom. The van der Waals surface area contributed by atoms with Gasteiger partial charge in [0.25, 0.3) is 0 Å². The molecule has 2 unspecified atom stereocenters. The molecule has 1 fully saturated rings. The third-order valence-electron chi connectivity index (χ3n) is 5.09. The van der Waals surface area contributed by atoms with E-state index in [0.717, 1.165) is 35.2 Å². The van der Waals surface area contributed by atoms with Gasteiger partial charge in [-0.05, 0) is 48.1 Å². The number of amides is 2. The van der Waals surface area contributed by atoms with Crippen LogP contribution in [-0.2, 0) is 29.0 Å². The number of carbonyl (C=O) groups excluding carboxylic acids is 2. The highest BCUT2D eigenvalue weighted by Crippen LogP contribution is 2.40. The van der Waals surface area contributed by atoms with Gasteiger partial charge in [0.05, 0.1) is 11.8 Å². The Hall–Kier alpha value is -2.33. The minimum atomic E-state index is -0.246. The summed E-state index contributed by atoms with van der Waals surface area (Å²) in [6.45, 7) is 4.60. The lowest BCUT2D eigenvalue weighted by Crippen LogP contribution is -2.27. The van der Waals surface area contributed by atoms with Crippen LogP contribution in [0.4, 0.5) is 5.69 Å². The van der Waals surface area contributed by atoms with Gasteiger partial charge < -0.3 is 10.6 Å². The van der Waals surface area contributed by atoms with Crippen molar-refractivity contribution in [2.24, 2.45) is 11.8 Å². The minimum Gasteiger partial charge on any atom is -0.352 e.